The Hall–Kier alpha value is -1.43. The zero-order valence-electron chi connectivity index (χ0n) is 12.8. The zero-order valence-corrected chi connectivity index (χ0v) is 12.8. The number of β-amino-alcohol motifs (C(OH)–C–C–N with tert-alkyl or cyclic N) is 1. The van der Waals surface area contributed by atoms with Crippen LogP contribution in [0.25, 0.3) is 0 Å². The van der Waals surface area contributed by atoms with E-state index >= 15 is 0 Å². The van der Waals surface area contributed by atoms with Crippen LogP contribution < -0.4 is 5.73 Å². The van der Waals surface area contributed by atoms with Gasteiger partial charge in [0.15, 0.2) is 5.60 Å². The molecule has 0 aliphatic carbocycles. The molecule has 3 N–H and O–H groups in total. The summed E-state index contributed by atoms with van der Waals surface area (Å²) in [5.41, 5.74) is 4.44. The van der Waals surface area contributed by atoms with Gasteiger partial charge in [0, 0.05) is 19.2 Å². The Morgan fingerprint density at radius 2 is 2.09 bits per heavy atom. The monoisotopic (exact) mass is 304 g/mol. The smallest absolute Gasteiger partial charge is 0.255 e. The summed E-state index contributed by atoms with van der Waals surface area (Å²) in [4.78, 5) is 14.1. The highest BCUT2D eigenvalue weighted by molar-refractivity contribution is 5.85. The first-order valence-corrected chi connectivity index (χ1v) is 8.05. The fourth-order valence-electron chi connectivity index (χ4n) is 3.69. The van der Waals surface area contributed by atoms with Crippen LogP contribution in [-0.4, -0.2) is 47.8 Å². The van der Waals surface area contributed by atoms with Gasteiger partial charge < -0.3 is 15.6 Å². The number of carbonyl (C=O) groups excluding carboxylic acids is 1. The van der Waals surface area contributed by atoms with E-state index in [0.29, 0.717) is 5.56 Å². The largest absolute Gasteiger partial charge is 0.377 e. The lowest BCUT2D eigenvalue weighted by Crippen LogP contribution is -2.52. The van der Waals surface area contributed by atoms with Gasteiger partial charge in [-0.3, -0.25) is 9.69 Å². The maximum Gasteiger partial charge on any atom is 0.255 e. The molecule has 2 saturated heterocycles. The van der Waals surface area contributed by atoms with Crippen molar-refractivity contribution < 1.29 is 14.6 Å². The Morgan fingerprint density at radius 1 is 1.32 bits per heavy atom. The van der Waals surface area contributed by atoms with E-state index in [0.717, 1.165) is 38.8 Å². The van der Waals surface area contributed by atoms with Gasteiger partial charge in [0.1, 0.15) is 0 Å². The topological polar surface area (TPSA) is 75.8 Å². The van der Waals surface area contributed by atoms with Crippen molar-refractivity contribution in [2.45, 2.75) is 43.4 Å². The maximum absolute atomic E-state index is 12.0. The minimum Gasteiger partial charge on any atom is -0.377 e. The Bertz CT molecular complexity index is 516. The molecule has 0 spiro atoms. The van der Waals surface area contributed by atoms with E-state index in [9.17, 15) is 9.90 Å². The highest BCUT2D eigenvalue weighted by Crippen LogP contribution is 2.31. The summed E-state index contributed by atoms with van der Waals surface area (Å²) in [7, 11) is 0. The predicted octanol–water partition coefficient (Wildman–Crippen LogP) is 1.00. The molecule has 0 bridgehead atoms. The van der Waals surface area contributed by atoms with Gasteiger partial charge in [-0.15, -0.1) is 0 Å². The van der Waals surface area contributed by atoms with Crippen molar-refractivity contribution in [2.75, 3.05) is 19.7 Å². The number of aliphatic hydroxyl groups is 1. The van der Waals surface area contributed by atoms with Gasteiger partial charge in [-0.1, -0.05) is 30.3 Å². The van der Waals surface area contributed by atoms with E-state index in [4.69, 9.17) is 10.5 Å². The number of ether oxygens (including phenoxy) is 1. The molecule has 2 fully saturated rings. The minimum absolute atomic E-state index is 0.218. The van der Waals surface area contributed by atoms with Crippen LogP contribution in [0.1, 0.15) is 31.2 Å². The summed E-state index contributed by atoms with van der Waals surface area (Å²) in [6, 6.07) is 9.26. The lowest BCUT2D eigenvalue weighted by atomic mass is 9.91. The van der Waals surface area contributed by atoms with Crippen LogP contribution in [-0.2, 0) is 15.1 Å². The minimum atomic E-state index is -1.65. The van der Waals surface area contributed by atoms with Crippen LogP contribution in [0.4, 0.5) is 0 Å². The Kier molecular flexibility index (Phi) is 4.47. The molecule has 2 aliphatic rings. The van der Waals surface area contributed by atoms with Gasteiger partial charge in [-0.05, 0) is 37.8 Å². The van der Waals surface area contributed by atoms with E-state index in [1.807, 2.05) is 18.2 Å². The number of rotatable bonds is 5. The molecule has 22 heavy (non-hydrogen) atoms. The molecule has 2 aliphatic heterocycles. The van der Waals surface area contributed by atoms with E-state index < -0.39 is 11.5 Å². The standard InChI is InChI=1S/C17H24N2O3/c18-16(20)17(21,13-6-2-1-3-7-13)12-19-10-4-8-14(19)15-9-5-11-22-15/h1-3,6-7,14-15,21H,4-5,8-12H2,(H2,18,20). The normalized spacial score (nSPS) is 28.6. The molecule has 0 saturated carbocycles. The SMILES string of the molecule is NC(=O)C(O)(CN1CCCC1C1CCCO1)c1ccccc1. The first kappa shape index (κ1) is 15.5. The van der Waals surface area contributed by atoms with Gasteiger partial charge in [-0.2, -0.15) is 0 Å². The quantitative estimate of drug-likeness (QED) is 0.851. The molecule has 1 amide bonds. The number of likely N-dealkylation sites (tertiary alicyclic amines) is 1. The number of amides is 1. The van der Waals surface area contributed by atoms with Crippen LogP contribution in [0.3, 0.4) is 0 Å². The van der Waals surface area contributed by atoms with Crippen LogP contribution in [0, 0.1) is 0 Å². The molecule has 3 atom stereocenters. The van der Waals surface area contributed by atoms with Crippen molar-refractivity contribution >= 4 is 5.91 Å². The van der Waals surface area contributed by atoms with Gasteiger partial charge in [0.25, 0.3) is 5.91 Å². The highest BCUT2D eigenvalue weighted by atomic mass is 16.5. The molecule has 3 rings (SSSR count). The lowest BCUT2D eigenvalue weighted by Gasteiger charge is -2.35. The first-order chi connectivity index (χ1) is 10.6. The van der Waals surface area contributed by atoms with Gasteiger partial charge in [0.2, 0.25) is 0 Å². The molecular weight excluding hydrogens is 280 g/mol. The molecule has 120 valence electrons. The number of carbonyl (C=O) groups is 1. The summed E-state index contributed by atoms with van der Waals surface area (Å²) in [6.45, 7) is 1.91. The molecule has 0 radical (unpaired) electrons. The number of primary amides is 1. The van der Waals surface area contributed by atoms with Crippen LogP contribution in [0.5, 0.6) is 0 Å². The lowest BCUT2D eigenvalue weighted by molar-refractivity contribution is -0.140. The van der Waals surface area contributed by atoms with Crippen molar-refractivity contribution in [3.8, 4) is 0 Å². The molecular formula is C17H24N2O3. The summed E-state index contributed by atoms with van der Waals surface area (Å²) in [5, 5.41) is 10.9. The average Bonchev–Trinajstić information content (AvgIpc) is 3.18. The van der Waals surface area contributed by atoms with Crippen molar-refractivity contribution in [1.82, 2.24) is 4.90 Å². The third-order valence-electron chi connectivity index (χ3n) is 4.90. The summed E-state index contributed by atoms with van der Waals surface area (Å²) in [5.74, 6) is -0.698. The van der Waals surface area contributed by atoms with Crippen LogP contribution in [0.15, 0.2) is 30.3 Å². The average molecular weight is 304 g/mol. The second-order valence-corrected chi connectivity index (χ2v) is 6.32. The summed E-state index contributed by atoms with van der Waals surface area (Å²) in [6.07, 6.45) is 4.48. The maximum atomic E-state index is 12.0. The van der Waals surface area contributed by atoms with Gasteiger partial charge in [0.05, 0.1) is 6.10 Å². The van der Waals surface area contributed by atoms with Gasteiger partial charge >= 0.3 is 0 Å². The first-order valence-electron chi connectivity index (χ1n) is 8.05. The van der Waals surface area contributed by atoms with Crippen molar-refractivity contribution in [3.63, 3.8) is 0 Å². The van der Waals surface area contributed by atoms with Crippen molar-refractivity contribution in [3.05, 3.63) is 35.9 Å². The Labute approximate surface area is 131 Å². The third kappa shape index (κ3) is 2.89. The van der Waals surface area contributed by atoms with E-state index in [1.165, 1.54) is 0 Å². The zero-order chi connectivity index (χ0) is 15.6. The Balaban J connectivity index is 1.80. The molecule has 2 heterocycles. The fourth-order valence-corrected chi connectivity index (χ4v) is 3.69. The second-order valence-electron chi connectivity index (χ2n) is 6.32. The van der Waals surface area contributed by atoms with Gasteiger partial charge in [-0.25, -0.2) is 0 Å². The molecule has 1 aromatic carbocycles. The van der Waals surface area contributed by atoms with Crippen LogP contribution >= 0.6 is 0 Å². The molecule has 5 heteroatoms. The summed E-state index contributed by atoms with van der Waals surface area (Å²) >= 11 is 0. The number of nitrogens with two attached hydrogens (primary N) is 1. The predicted molar refractivity (Wildman–Crippen MR) is 83.1 cm³/mol. The third-order valence-corrected chi connectivity index (χ3v) is 4.90. The molecule has 5 nitrogen and oxygen atoms in total. The number of benzene rings is 1. The number of hydrogen-bond donors (Lipinski definition) is 2. The van der Waals surface area contributed by atoms with E-state index in [2.05, 4.69) is 4.90 Å². The molecule has 3 unspecified atom stereocenters. The van der Waals surface area contributed by atoms with Crippen molar-refractivity contribution in [1.29, 1.82) is 0 Å². The second kappa shape index (κ2) is 6.36. The highest BCUT2D eigenvalue weighted by Gasteiger charge is 2.43. The fraction of sp³-hybridized carbons (Fsp3) is 0.588. The van der Waals surface area contributed by atoms with E-state index in [-0.39, 0.29) is 18.7 Å². The Morgan fingerprint density at radius 3 is 2.73 bits per heavy atom. The number of hydrogen-bond acceptors (Lipinski definition) is 4. The summed E-state index contributed by atoms with van der Waals surface area (Å²) < 4.78 is 5.81. The molecule has 0 aromatic heterocycles. The molecule has 1 aromatic rings. The van der Waals surface area contributed by atoms with E-state index in [1.54, 1.807) is 12.1 Å². The van der Waals surface area contributed by atoms with Crippen molar-refractivity contribution in [2.24, 2.45) is 5.73 Å². The van der Waals surface area contributed by atoms with Crippen LogP contribution in [0.2, 0.25) is 0 Å². The number of nitrogens with zero attached hydrogens (tertiary/aromatic N) is 1.